The highest BCUT2D eigenvalue weighted by Crippen LogP contribution is 2.09. The number of aryl methyl sites for hydroxylation is 1. The zero-order chi connectivity index (χ0) is 19.5. The fourth-order valence-electron chi connectivity index (χ4n) is 2.48. The van der Waals surface area contributed by atoms with E-state index in [1.54, 1.807) is 25.2 Å². The summed E-state index contributed by atoms with van der Waals surface area (Å²) in [6.45, 7) is 7.09. The molecule has 1 N–H and O–H groups in total. The van der Waals surface area contributed by atoms with Gasteiger partial charge in [0.25, 0.3) is 11.5 Å². The topological polar surface area (TPSA) is 90.3 Å². The lowest BCUT2D eigenvalue weighted by Gasteiger charge is -2.23. The molecule has 140 valence electrons. The first-order chi connectivity index (χ1) is 12.1. The van der Waals surface area contributed by atoms with Crippen molar-refractivity contribution >= 4 is 22.8 Å². The molecule has 7 heteroatoms. The molecule has 26 heavy (non-hydrogen) atoms. The van der Waals surface area contributed by atoms with Crippen molar-refractivity contribution in [2.45, 2.75) is 52.2 Å². The minimum atomic E-state index is -0.880. The SMILES string of the molecule is CC(OC(=O)CCc1nc2ccccc2c(=O)n1C)C(=O)NC(C)(C)C. The standard InChI is InChI=1S/C19H25N3O4/c1-12(17(24)21-19(2,3)4)26-16(23)11-10-15-20-14-9-7-6-8-13(14)18(25)22(15)5/h6-9,12H,10-11H2,1-5H3,(H,21,24). The van der Waals surface area contributed by atoms with Crippen LogP contribution in [0.15, 0.2) is 29.1 Å². The number of para-hydroxylation sites is 1. The van der Waals surface area contributed by atoms with Gasteiger partial charge in [-0.1, -0.05) is 12.1 Å². The maximum atomic E-state index is 12.3. The van der Waals surface area contributed by atoms with Crippen LogP contribution in [-0.2, 0) is 27.8 Å². The molecule has 0 saturated heterocycles. The number of rotatable bonds is 5. The summed E-state index contributed by atoms with van der Waals surface area (Å²) in [5, 5.41) is 3.30. The highest BCUT2D eigenvalue weighted by molar-refractivity contribution is 5.84. The first-order valence-corrected chi connectivity index (χ1v) is 8.54. The Bertz CT molecular complexity index is 880. The summed E-state index contributed by atoms with van der Waals surface area (Å²) in [4.78, 5) is 40.8. The van der Waals surface area contributed by atoms with E-state index in [1.807, 2.05) is 26.8 Å². The number of fused-ring (bicyclic) bond motifs is 1. The number of carbonyl (C=O) groups excluding carboxylic acids is 2. The number of amides is 1. The van der Waals surface area contributed by atoms with Gasteiger partial charge in [0.1, 0.15) is 5.82 Å². The van der Waals surface area contributed by atoms with Crippen LogP contribution in [0.4, 0.5) is 0 Å². The van der Waals surface area contributed by atoms with Gasteiger partial charge in [0.15, 0.2) is 6.10 Å². The van der Waals surface area contributed by atoms with Crippen molar-refractivity contribution in [3.8, 4) is 0 Å². The number of ether oxygens (including phenoxy) is 1. The Morgan fingerprint density at radius 3 is 2.58 bits per heavy atom. The molecule has 0 spiro atoms. The van der Waals surface area contributed by atoms with Crippen molar-refractivity contribution in [2.75, 3.05) is 0 Å². The summed E-state index contributed by atoms with van der Waals surface area (Å²) in [6, 6.07) is 7.07. The quantitative estimate of drug-likeness (QED) is 0.821. The maximum absolute atomic E-state index is 12.3. The zero-order valence-corrected chi connectivity index (χ0v) is 15.8. The van der Waals surface area contributed by atoms with E-state index in [4.69, 9.17) is 4.74 Å². The van der Waals surface area contributed by atoms with E-state index in [0.29, 0.717) is 16.7 Å². The molecule has 0 saturated carbocycles. The molecule has 2 aromatic rings. The molecule has 0 radical (unpaired) electrons. The van der Waals surface area contributed by atoms with Gasteiger partial charge in [0.05, 0.1) is 17.3 Å². The third-order valence-electron chi connectivity index (χ3n) is 3.80. The van der Waals surface area contributed by atoms with E-state index in [0.717, 1.165) is 0 Å². The Kier molecular flexibility index (Phi) is 5.79. The predicted octanol–water partition coefficient (Wildman–Crippen LogP) is 1.71. The molecule has 0 bridgehead atoms. The van der Waals surface area contributed by atoms with Gasteiger partial charge in [-0.3, -0.25) is 19.0 Å². The third-order valence-corrected chi connectivity index (χ3v) is 3.80. The molecule has 1 atom stereocenters. The van der Waals surface area contributed by atoms with Gasteiger partial charge < -0.3 is 10.1 Å². The van der Waals surface area contributed by atoms with E-state index in [2.05, 4.69) is 10.3 Å². The van der Waals surface area contributed by atoms with Crippen LogP contribution in [0, 0.1) is 0 Å². The van der Waals surface area contributed by atoms with E-state index in [-0.39, 0.29) is 24.3 Å². The van der Waals surface area contributed by atoms with Crippen LogP contribution < -0.4 is 10.9 Å². The minimum Gasteiger partial charge on any atom is -0.453 e. The Morgan fingerprint density at radius 2 is 1.92 bits per heavy atom. The second-order valence-corrected chi connectivity index (χ2v) is 7.28. The van der Waals surface area contributed by atoms with Crippen LogP contribution in [0.1, 0.15) is 39.9 Å². The van der Waals surface area contributed by atoms with E-state index < -0.39 is 17.6 Å². The summed E-state index contributed by atoms with van der Waals surface area (Å²) >= 11 is 0. The number of nitrogens with one attached hydrogen (secondary N) is 1. The van der Waals surface area contributed by atoms with Gasteiger partial charge in [0, 0.05) is 19.0 Å². The summed E-state index contributed by atoms with van der Waals surface area (Å²) in [6.07, 6.45) is -0.593. The monoisotopic (exact) mass is 359 g/mol. The predicted molar refractivity (Wildman–Crippen MR) is 98.8 cm³/mol. The summed E-state index contributed by atoms with van der Waals surface area (Å²) < 4.78 is 6.61. The molecule has 7 nitrogen and oxygen atoms in total. The lowest BCUT2D eigenvalue weighted by molar-refractivity contribution is -0.155. The first kappa shape index (κ1) is 19.6. The van der Waals surface area contributed by atoms with Gasteiger partial charge in [-0.05, 0) is 39.8 Å². The number of esters is 1. The molecular formula is C19H25N3O4. The second kappa shape index (κ2) is 7.68. The molecule has 1 aromatic carbocycles. The molecule has 1 unspecified atom stereocenters. The van der Waals surface area contributed by atoms with Crippen LogP contribution >= 0.6 is 0 Å². The third kappa shape index (κ3) is 4.91. The van der Waals surface area contributed by atoms with Gasteiger partial charge in [-0.2, -0.15) is 0 Å². The molecule has 0 aliphatic rings. The lowest BCUT2D eigenvalue weighted by atomic mass is 10.1. The van der Waals surface area contributed by atoms with Gasteiger partial charge in [-0.25, -0.2) is 4.98 Å². The Balaban J connectivity index is 2.01. The Morgan fingerprint density at radius 1 is 1.27 bits per heavy atom. The average Bonchev–Trinajstić information content (AvgIpc) is 2.55. The van der Waals surface area contributed by atoms with E-state index in [9.17, 15) is 14.4 Å². The van der Waals surface area contributed by atoms with Gasteiger partial charge in [0.2, 0.25) is 0 Å². The highest BCUT2D eigenvalue weighted by atomic mass is 16.5. The normalized spacial score (nSPS) is 12.7. The lowest BCUT2D eigenvalue weighted by Crippen LogP contribution is -2.46. The van der Waals surface area contributed by atoms with Crippen LogP contribution in [-0.4, -0.2) is 33.1 Å². The number of nitrogens with zero attached hydrogens (tertiary/aromatic N) is 2. The molecule has 1 aromatic heterocycles. The number of benzene rings is 1. The average molecular weight is 359 g/mol. The second-order valence-electron chi connectivity index (χ2n) is 7.28. The summed E-state index contributed by atoms with van der Waals surface area (Å²) in [7, 11) is 1.63. The Labute approximate surface area is 152 Å². The fourth-order valence-corrected chi connectivity index (χ4v) is 2.48. The van der Waals surface area contributed by atoms with Gasteiger partial charge >= 0.3 is 5.97 Å². The van der Waals surface area contributed by atoms with Crippen LogP contribution in [0.25, 0.3) is 10.9 Å². The maximum Gasteiger partial charge on any atom is 0.307 e. The summed E-state index contributed by atoms with van der Waals surface area (Å²) in [5.41, 5.74) is 0.0409. The molecule has 1 heterocycles. The molecular weight excluding hydrogens is 334 g/mol. The molecule has 0 aliphatic heterocycles. The fraction of sp³-hybridized carbons (Fsp3) is 0.474. The molecule has 0 aliphatic carbocycles. The first-order valence-electron chi connectivity index (χ1n) is 8.54. The van der Waals surface area contributed by atoms with Crippen LogP contribution in [0.3, 0.4) is 0 Å². The van der Waals surface area contributed by atoms with E-state index >= 15 is 0 Å². The highest BCUT2D eigenvalue weighted by Gasteiger charge is 2.22. The van der Waals surface area contributed by atoms with E-state index in [1.165, 1.54) is 11.5 Å². The van der Waals surface area contributed by atoms with Crippen molar-refractivity contribution in [1.29, 1.82) is 0 Å². The molecule has 0 fully saturated rings. The van der Waals surface area contributed by atoms with Gasteiger partial charge in [-0.15, -0.1) is 0 Å². The van der Waals surface area contributed by atoms with Crippen LogP contribution in [0.5, 0.6) is 0 Å². The zero-order valence-electron chi connectivity index (χ0n) is 15.8. The number of hydrogen-bond donors (Lipinski definition) is 1. The number of carbonyl (C=O) groups is 2. The number of aromatic nitrogens is 2. The Hall–Kier alpha value is -2.70. The van der Waals surface area contributed by atoms with Crippen molar-refractivity contribution in [1.82, 2.24) is 14.9 Å². The smallest absolute Gasteiger partial charge is 0.307 e. The van der Waals surface area contributed by atoms with Crippen molar-refractivity contribution in [3.63, 3.8) is 0 Å². The van der Waals surface area contributed by atoms with Crippen molar-refractivity contribution in [3.05, 3.63) is 40.4 Å². The van der Waals surface area contributed by atoms with Crippen molar-refractivity contribution < 1.29 is 14.3 Å². The molecule has 2 rings (SSSR count). The van der Waals surface area contributed by atoms with Crippen LogP contribution in [0.2, 0.25) is 0 Å². The number of hydrogen-bond acceptors (Lipinski definition) is 5. The minimum absolute atomic E-state index is 0.0335. The molecule has 1 amide bonds. The largest absolute Gasteiger partial charge is 0.453 e. The summed E-state index contributed by atoms with van der Waals surface area (Å²) in [5.74, 6) is -0.358. The van der Waals surface area contributed by atoms with Crippen molar-refractivity contribution in [2.24, 2.45) is 7.05 Å².